The first-order valence-electron chi connectivity index (χ1n) is 11.3. The predicted octanol–water partition coefficient (Wildman–Crippen LogP) is 4.27. The van der Waals surface area contributed by atoms with Crippen molar-refractivity contribution in [3.05, 3.63) is 48.4 Å². The first kappa shape index (κ1) is 21.2. The third-order valence-corrected chi connectivity index (χ3v) is 6.97. The molecule has 2 aliphatic rings. The highest BCUT2D eigenvalue weighted by atomic mass is 19.4. The molecule has 1 aromatic carbocycles. The second kappa shape index (κ2) is 7.56. The van der Waals surface area contributed by atoms with E-state index in [0.29, 0.717) is 29.5 Å². The molecule has 2 atom stereocenters. The highest BCUT2D eigenvalue weighted by Gasteiger charge is 2.43. The number of nitrogens with zero attached hydrogens (tertiary/aromatic N) is 4. The van der Waals surface area contributed by atoms with Gasteiger partial charge in [0.25, 0.3) is 5.91 Å². The average Bonchev–Trinajstić information content (AvgIpc) is 3.44. The number of hydrogen-bond acceptors (Lipinski definition) is 4. The number of carbonyl (C=O) groups is 1. The van der Waals surface area contributed by atoms with Gasteiger partial charge in [0.05, 0.1) is 11.6 Å². The first-order valence-corrected chi connectivity index (χ1v) is 11.3. The third kappa shape index (κ3) is 3.44. The van der Waals surface area contributed by atoms with E-state index in [0.717, 1.165) is 28.4 Å². The smallest absolute Gasteiger partial charge is 0.393 e. The molecule has 0 aliphatic carbocycles. The maximum absolute atomic E-state index is 13.4. The molecule has 1 amide bonds. The molecular weight excluding hydrogens is 447 g/mol. The fourth-order valence-electron chi connectivity index (χ4n) is 5.56. The highest BCUT2D eigenvalue weighted by Crippen LogP contribution is 2.38. The van der Waals surface area contributed by atoms with Crippen LogP contribution in [0, 0.1) is 0 Å². The Hall–Kier alpha value is -3.40. The van der Waals surface area contributed by atoms with Gasteiger partial charge in [-0.15, -0.1) is 0 Å². The van der Waals surface area contributed by atoms with Crippen LogP contribution in [0.3, 0.4) is 0 Å². The predicted molar refractivity (Wildman–Crippen MR) is 119 cm³/mol. The van der Waals surface area contributed by atoms with E-state index in [-0.39, 0.29) is 29.2 Å². The number of nitrogens with one attached hydrogen (secondary N) is 1. The number of aromatic nitrogens is 4. The maximum atomic E-state index is 13.4. The van der Waals surface area contributed by atoms with E-state index >= 15 is 0 Å². The molecule has 176 valence electrons. The normalized spacial score (nSPS) is 22.7. The van der Waals surface area contributed by atoms with Gasteiger partial charge in [-0.2, -0.15) is 18.3 Å². The van der Waals surface area contributed by atoms with Crippen molar-refractivity contribution in [2.75, 3.05) is 0 Å². The topological polar surface area (TPSA) is 87.0 Å². The van der Waals surface area contributed by atoms with E-state index in [4.69, 9.17) is 0 Å². The minimum Gasteiger partial charge on any atom is -0.393 e. The number of benzene rings is 1. The molecule has 6 rings (SSSR count). The number of pyridine rings is 1. The third-order valence-electron chi connectivity index (χ3n) is 6.97. The van der Waals surface area contributed by atoms with E-state index in [2.05, 4.69) is 15.1 Å². The number of alkyl halides is 3. The molecule has 0 radical (unpaired) electrons. The summed E-state index contributed by atoms with van der Waals surface area (Å²) in [4.78, 5) is 22.6. The first-order chi connectivity index (χ1) is 16.3. The number of aromatic amines is 1. The minimum atomic E-state index is -4.48. The van der Waals surface area contributed by atoms with Crippen molar-refractivity contribution in [1.82, 2.24) is 24.6 Å². The largest absolute Gasteiger partial charge is 0.408 e. The molecule has 2 bridgehead atoms. The van der Waals surface area contributed by atoms with Crippen molar-refractivity contribution < 1.29 is 23.1 Å². The molecule has 5 heterocycles. The fourth-order valence-corrected chi connectivity index (χ4v) is 5.56. The number of fused-ring (bicyclic) bond motifs is 4. The standard InChI is InChI=1S/C24H22F3N5O2/c25-24(26,27)12-31-21-9-20(23(34)32-13-5-6-14(32)8-15(33)7-13)29-11-18(21)22(30-31)17-10-28-19-4-2-1-3-16(17)19/h1-4,9-11,13-15,28,33H,5-8,12H2. The van der Waals surface area contributed by atoms with Crippen molar-refractivity contribution in [2.24, 2.45) is 0 Å². The zero-order valence-electron chi connectivity index (χ0n) is 18.1. The Morgan fingerprint density at radius 1 is 1.15 bits per heavy atom. The van der Waals surface area contributed by atoms with Crippen LogP contribution in [-0.2, 0) is 6.54 Å². The number of piperidine rings is 1. The van der Waals surface area contributed by atoms with Gasteiger partial charge in [0.1, 0.15) is 17.9 Å². The average molecular weight is 469 g/mol. The molecule has 10 heteroatoms. The van der Waals surface area contributed by atoms with E-state index in [1.165, 1.54) is 12.3 Å². The van der Waals surface area contributed by atoms with Crippen LogP contribution in [0.5, 0.6) is 0 Å². The molecule has 2 saturated heterocycles. The summed E-state index contributed by atoms with van der Waals surface area (Å²) in [5, 5.41) is 15.6. The summed E-state index contributed by atoms with van der Waals surface area (Å²) < 4.78 is 41.1. The number of aliphatic hydroxyl groups excluding tert-OH is 1. The van der Waals surface area contributed by atoms with Gasteiger partial charge in [-0.05, 0) is 37.8 Å². The second-order valence-corrected chi connectivity index (χ2v) is 9.18. The van der Waals surface area contributed by atoms with E-state index < -0.39 is 18.8 Å². The van der Waals surface area contributed by atoms with Crippen LogP contribution < -0.4 is 0 Å². The lowest BCUT2D eigenvalue weighted by atomic mass is 9.99. The molecule has 0 saturated carbocycles. The summed E-state index contributed by atoms with van der Waals surface area (Å²) in [5.41, 5.74) is 2.20. The van der Waals surface area contributed by atoms with E-state index in [1.807, 2.05) is 24.3 Å². The van der Waals surface area contributed by atoms with Crippen molar-refractivity contribution in [3.63, 3.8) is 0 Å². The number of aliphatic hydroxyl groups is 1. The Bertz CT molecular complexity index is 1390. The number of rotatable bonds is 3. The van der Waals surface area contributed by atoms with Gasteiger partial charge < -0.3 is 15.0 Å². The van der Waals surface area contributed by atoms with Gasteiger partial charge in [-0.1, -0.05) is 18.2 Å². The summed E-state index contributed by atoms with van der Waals surface area (Å²) in [6, 6.07) is 8.76. The molecule has 34 heavy (non-hydrogen) atoms. The van der Waals surface area contributed by atoms with Gasteiger partial charge in [0, 0.05) is 46.3 Å². The van der Waals surface area contributed by atoms with Gasteiger partial charge in [0.2, 0.25) is 0 Å². The molecule has 0 spiro atoms. The second-order valence-electron chi connectivity index (χ2n) is 9.18. The molecule has 2 aliphatic heterocycles. The zero-order chi connectivity index (χ0) is 23.6. The van der Waals surface area contributed by atoms with Gasteiger partial charge in [-0.25, -0.2) is 0 Å². The fraction of sp³-hybridized carbons (Fsp3) is 0.375. The lowest BCUT2D eigenvalue weighted by Gasteiger charge is -2.37. The summed E-state index contributed by atoms with van der Waals surface area (Å²) in [6.45, 7) is -1.27. The quantitative estimate of drug-likeness (QED) is 0.469. The summed E-state index contributed by atoms with van der Waals surface area (Å²) in [6.07, 6.45) is 0.914. The number of halogens is 3. The summed E-state index contributed by atoms with van der Waals surface area (Å²) >= 11 is 0. The van der Waals surface area contributed by atoms with Gasteiger partial charge >= 0.3 is 6.18 Å². The Morgan fingerprint density at radius 2 is 1.88 bits per heavy atom. The van der Waals surface area contributed by atoms with E-state index in [9.17, 15) is 23.1 Å². The van der Waals surface area contributed by atoms with Gasteiger partial charge in [-0.3, -0.25) is 14.5 Å². The molecule has 7 nitrogen and oxygen atoms in total. The van der Waals surface area contributed by atoms with Crippen LogP contribution in [0.1, 0.15) is 36.2 Å². The summed E-state index contributed by atoms with van der Waals surface area (Å²) in [7, 11) is 0. The number of para-hydroxylation sites is 1. The number of amides is 1. The Balaban J connectivity index is 1.46. The van der Waals surface area contributed by atoms with Crippen molar-refractivity contribution >= 4 is 27.7 Å². The van der Waals surface area contributed by atoms with E-state index in [1.54, 1.807) is 11.1 Å². The van der Waals surface area contributed by atoms with Crippen molar-refractivity contribution in [1.29, 1.82) is 0 Å². The monoisotopic (exact) mass is 469 g/mol. The van der Waals surface area contributed by atoms with Gasteiger partial charge in [0.15, 0.2) is 0 Å². The zero-order valence-corrected chi connectivity index (χ0v) is 18.1. The number of hydrogen-bond donors (Lipinski definition) is 2. The van der Waals surface area contributed by atoms with Crippen LogP contribution in [-0.4, -0.2) is 60.0 Å². The van der Waals surface area contributed by atoms with Crippen LogP contribution >= 0.6 is 0 Å². The molecular formula is C24H22F3N5O2. The number of H-pyrrole nitrogens is 1. The Labute approximate surface area is 192 Å². The molecule has 2 fully saturated rings. The molecule has 4 aromatic rings. The number of carbonyl (C=O) groups excluding carboxylic acids is 1. The molecule has 3 aromatic heterocycles. The minimum absolute atomic E-state index is 0.0689. The lowest BCUT2D eigenvalue weighted by Crippen LogP contribution is -2.48. The van der Waals surface area contributed by atoms with Crippen LogP contribution in [0.25, 0.3) is 33.1 Å². The maximum Gasteiger partial charge on any atom is 0.408 e. The highest BCUT2D eigenvalue weighted by molar-refractivity contribution is 6.04. The Kier molecular flexibility index (Phi) is 4.70. The van der Waals surface area contributed by atoms with Crippen LogP contribution in [0.4, 0.5) is 13.2 Å². The summed E-state index contributed by atoms with van der Waals surface area (Å²) in [5.74, 6) is -0.310. The lowest BCUT2D eigenvalue weighted by molar-refractivity contribution is -0.141. The SMILES string of the molecule is O=C(c1cc2c(cn1)c(-c1c[nH]c3ccccc13)nn2CC(F)(F)F)N1C2CCC1CC(O)C2. The van der Waals surface area contributed by atoms with Crippen LogP contribution in [0.2, 0.25) is 0 Å². The van der Waals surface area contributed by atoms with Crippen molar-refractivity contribution in [3.8, 4) is 11.3 Å². The van der Waals surface area contributed by atoms with Crippen molar-refractivity contribution in [2.45, 2.75) is 56.6 Å². The molecule has 2 unspecified atom stereocenters. The molecule has 2 N–H and O–H groups in total. The van der Waals surface area contributed by atoms with Crippen LogP contribution in [0.15, 0.2) is 42.7 Å². The Morgan fingerprint density at radius 3 is 2.62 bits per heavy atom.